The summed E-state index contributed by atoms with van der Waals surface area (Å²) in [5.74, 6) is 0.418. The van der Waals surface area contributed by atoms with E-state index in [0.29, 0.717) is 18.0 Å². The average molecular weight is 215 g/mol. The average Bonchev–Trinajstić information content (AvgIpc) is 2.84. The molecule has 2 nitrogen and oxygen atoms in total. The van der Waals surface area contributed by atoms with Crippen LogP contribution in [0.5, 0.6) is 0 Å². The molecular formula is C14H17NO. The topological polar surface area (TPSA) is 20.3 Å². The van der Waals surface area contributed by atoms with E-state index in [-0.39, 0.29) is 5.92 Å². The zero-order valence-corrected chi connectivity index (χ0v) is 9.81. The predicted octanol–water partition coefficient (Wildman–Crippen LogP) is 3.06. The van der Waals surface area contributed by atoms with Crippen molar-refractivity contribution >= 4 is 5.91 Å². The Bertz CT molecular complexity index is 407. The first-order valence-electron chi connectivity index (χ1n) is 6.11. The van der Waals surface area contributed by atoms with E-state index in [1.165, 1.54) is 11.1 Å². The second-order valence-electron chi connectivity index (χ2n) is 5.14. The summed E-state index contributed by atoms with van der Waals surface area (Å²) in [6.45, 7) is 3.98. The lowest BCUT2D eigenvalue weighted by molar-refractivity contribution is -0.136. The first kappa shape index (κ1) is 9.88. The van der Waals surface area contributed by atoms with Gasteiger partial charge in [0.1, 0.15) is 0 Å². The normalized spacial score (nSPS) is 26.3. The van der Waals surface area contributed by atoms with Crippen molar-refractivity contribution in [3.05, 3.63) is 35.4 Å². The van der Waals surface area contributed by atoms with Crippen LogP contribution in [-0.2, 0) is 4.79 Å². The third kappa shape index (κ3) is 1.16. The van der Waals surface area contributed by atoms with Crippen molar-refractivity contribution < 1.29 is 4.79 Å². The standard InChI is InChI=1S/C14H17NO/c1-9(2)14(16)15-12-7-8-13(15)11-6-4-3-5-10(11)12/h3-6,9,12-13H,7-8H2,1-2H3. The third-order valence-corrected chi connectivity index (χ3v) is 3.85. The van der Waals surface area contributed by atoms with E-state index in [9.17, 15) is 4.79 Å². The number of nitrogens with zero attached hydrogens (tertiary/aromatic N) is 1. The third-order valence-electron chi connectivity index (χ3n) is 3.85. The molecule has 2 bridgehead atoms. The maximum Gasteiger partial charge on any atom is 0.226 e. The molecular weight excluding hydrogens is 198 g/mol. The molecule has 1 aromatic carbocycles. The minimum absolute atomic E-state index is 0.109. The van der Waals surface area contributed by atoms with Gasteiger partial charge in [-0.2, -0.15) is 0 Å². The highest BCUT2D eigenvalue weighted by Gasteiger charge is 2.46. The molecule has 2 aliphatic rings. The summed E-state index contributed by atoms with van der Waals surface area (Å²) < 4.78 is 0. The Morgan fingerprint density at radius 1 is 1.19 bits per heavy atom. The number of hydrogen-bond acceptors (Lipinski definition) is 1. The van der Waals surface area contributed by atoms with Gasteiger partial charge in [-0.1, -0.05) is 38.1 Å². The van der Waals surface area contributed by atoms with Gasteiger partial charge in [-0.3, -0.25) is 4.79 Å². The highest BCUT2D eigenvalue weighted by Crippen LogP contribution is 2.53. The van der Waals surface area contributed by atoms with Crippen LogP contribution in [0.4, 0.5) is 0 Å². The van der Waals surface area contributed by atoms with Crippen LogP contribution in [0.2, 0.25) is 0 Å². The summed E-state index contributed by atoms with van der Waals surface area (Å²) in [6.07, 6.45) is 2.28. The van der Waals surface area contributed by atoms with E-state index >= 15 is 0 Å². The maximum absolute atomic E-state index is 12.2. The van der Waals surface area contributed by atoms with E-state index in [4.69, 9.17) is 0 Å². The van der Waals surface area contributed by atoms with Gasteiger partial charge in [0, 0.05) is 5.92 Å². The van der Waals surface area contributed by atoms with Gasteiger partial charge in [-0.15, -0.1) is 0 Å². The molecule has 2 atom stereocenters. The summed E-state index contributed by atoms with van der Waals surface area (Å²) >= 11 is 0. The Balaban J connectivity index is 2.01. The van der Waals surface area contributed by atoms with Crippen molar-refractivity contribution in [1.82, 2.24) is 4.90 Å². The van der Waals surface area contributed by atoms with E-state index in [1.807, 2.05) is 13.8 Å². The number of carbonyl (C=O) groups excluding carboxylic acids is 1. The Morgan fingerprint density at radius 3 is 2.12 bits per heavy atom. The second-order valence-corrected chi connectivity index (χ2v) is 5.14. The van der Waals surface area contributed by atoms with Crippen LogP contribution < -0.4 is 0 Å². The smallest absolute Gasteiger partial charge is 0.226 e. The highest BCUT2D eigenvalue weighted by molar-refractivity contribution is 5.80. The SMILES string of the molecule is CC(C)C(=O)N1C2CCC1c1ccccc12. The number of fused-ring (bicyclic) bond motifs is 5. The summed E-state index contributed by atoms with van der Waals surface area (Å²) in [7, 11) is 0. The molecule has 84 valence electrons. The molecule has 1 amide bonds. The quantitative estimate of drug-likeness (QED) is 0.705. The fourth-order valence-electron chi connectivity index (χ4n) is 3.14. The Morgan fingerprint density at radius 2 is 1.69 bits per heavy atom. The van der Waals surface area contributed by atoms with Crippen molar-refractivity contribution in [2.45, 2.75) is 38.8 Å². The van der Waals surface area contributed by atoms with Gasteiger partial charge in [0.15, 0.2) is 0 Å². The lowest BCUT2D eigenvalue weighted by Gasteiger charge is -2.24. The number of rotatable bonds is 1. The molecule has 2 unspecified atom stereocenters. The zero-order valence-electron chi connectivity index (χ0n) is 9.81. The second kappa shape index (κ2) is 3.34. The van der Waals surface area contributed by atoms with E-state index < -0.39 is 0 Å². The van der Waals surface area contributed by atoms with Crippen LogP contribution in [0.1, 0.15) is 49.9 Å². The molecule has 2 heterocycles. The first-order chi connectivity index (χ1) is 7.70. The van der Waals surface area contributed by atoms with Crippen LogP contribution in [0.3, 0.4) is 0 Å². The summed E-state index contributed by atoms with van der Waals surface area (Å²) in [6, 6.07) is 9.24. The van der Waals surface area contributed by atoms with Gasteiger partial charge in [-0.25, -0.2) is 0 Å². The van der Waals surface area contributed by atoms with Crippen LogP contribution >= 0.6 is 0 Å². The van der Waals surface area contributed by atoms with E-state index in [1.54, 1.807) is 0 Å². The zero-order chi connectivity index (χ0) is 11.3. The highest BCUT2D eigenvalue weighted by atomic mass is 16.2. The molecule has 0 aromatic heterocycles. The Kier molecular flexibility index (Phi) is 2.06. The molecule has 2 aliphatic heterocycles. The first-order valence-corrected chi connectivity index (χ1v) is 6.11. The number of hydrogen-bond donors (Lipinski definition) is 0. The van der Waals surface area contributed by atoms with Gasteiger partial charge >= 0.3 is 0 Å². The van der Waals surface area contributed by atoms with Gasteiger partial charge < -0.3 is 4.90 Å². The van der Waals surface area contributed by atoms with Crippen molar-refractivity contribution in [3.8, 4) is 0 Å². The molecule has 3 rings (SSSR count). The van der Waals surface area contributed by atoms with Crippen molar-refractivity contribution in [2.75, 3.05) is 0 Å². The maximum atomic E-state index is 12.2. The lowest BCUT2D eigenvalue weighted by atomic mass is 9.92. The fourth-order valence-corrected chi connectivity index (χ4v) is 3.14. The molecule has 1 aromatic rings. The van der Waals surface area contributed by atoms with Crippen molar-refractivity contribution in [1.29, 1.82) is 0 Å². The largest absolute Gasteiger partial charge is 0.328 e. The summed E-state index contributed by atoms with van der Waals surface area (Å²) in [4.78, 5) is 14.3. The molecule has 1 saturated heterocycles. The lowest BCUT2D eigenvalue weighted by Crippen LogP contribution is -2.31. The van der Waals surface area contributed by atoms with Gasteiger partial charge in [0.25, 0.3) is 0 Å². The van der Waals surface area contributed by atoms with E-state index in [2.05, 4.69) is 29.2 Å². The van der Waals surface area contributed by atoms with Crippen LogP contribution in [0.25, 0.3) is 0 Å². The molecule has 0 saturated carbocycles. The predicted molar refractivity (Wildman–Crippen MR) is 62.8 cm³/mol. The Labute approximate surface area is 96.3 Å². The molecule has 1 fully saturated rings. The van der Waals surface area contributed by atoms with Crippen molar-refractivity contribution in [3.63, 3.8) is 0 Å². The number of carbonyl (C=O) groups is 1. The fraction of sp³-hybridized carbons (Fsp3) is 0.500. The molecule has 0 radical (unpaired) electrons. The number of amides is 1. The van der Waals surface area contributed by atoms with Crippen LogP contribution in [0.15, 0.2) is 24.3 Å². The van der Waals surface area contributed by atoms with E-state index in [0.717, 1.165) is 12.8 Å². The molecule has 0 N–H and O–H groups in total. The minimum atomic E-state index is 0.109. The molecule has 2 heteroatoms. The van der Waals surface area contributed by atoms with Gasteiger partial charge in [-0.05, 0) is 24.0 Å². The molecule has 16 heavy (non-hydrogen) atoms. The monoisotopic (exact) mass is 215 g/mol. The summed E-state index contributed by atoms with van der Waals surface area (Å²) in [5.41, 5.74) is 2.76. The van der Waals surface area contributed by atoms with Crippen LogP contribution in [0, 0.1) is 5.92 Å². The molecule has 0 spiro atoms. The van der Waals surface area contributed by atoms with Crippen LogP contribution in [-0.4, -0.2) is 10.8 Å². The Hall–Kier alpha value is -1.31. The molecule has 0 aliphatic carbocycles. The minimum Gasteiger partial charge on any atom is -0.328 e. The summed E-state index contributed by atoms with van der Waals surface area (Å²) in [5, 5.41) is 0. The number of benzene rings is 1. The van der Waals surface area contributed by atoms with Gasteiger partial charge in [0.05, 0.1) is 12.1 Å². The van der Waals surface area contributed by atoms with Gasteiger partial charge in [0.2, 0.25) is 5.91 Å². The van der Waals surface area contributed by atoms with Crippen molar-refractivity contribution in [2.24, 2.45) is 5.92 Å².